The molecule has 0 saturated carbocycles. The van der Waals surface area contributed by atoms with Crippen LogP contribution in [0.1, 0.15) is 18.4 Å². The fourth-order valence-electron chi connectivity index (χ4n) is 2.18. The number of nitrogens with zero attached hydrogens (tertiary/aromatic N) is 1. The highest BCUT2D eigenvalue weighted by atomic mass is 16.5. The monoisotopic (exact) mass is 248 g/mol. The minimum absolute atomic E-state index is 0.187. The van der Waals surface area contributed by atoms with Gasteiger partial charge in [-0.2, -0.15) is 0 Å². The minimum Gasteiger partial charge on any atom is -0.497 e. The Balaban J connectivity index is 1.90. The second-order valence-corrected chi connectivity index (χ2v) is 4.74. The Hall–Kier alpha value is -1.55. The van der Waals surface area contributed by atoms with Gasteiger partial charge < -0.3 is 15.4 Å². The van der Waals surface area contributed by atoms with Gasteiger partial charge in [-0.25, -0.2) is 0 Å². The molecule has 0 unspecified atom stereocenters. The van der Waals surface area contributed by atoms with Gasteiger partial charge in [0.05, 0.1) is 13.5 Å². The first kappa shape index (κ1) is 12.9. The SMILES string of the molecule is COc1ccc(CC(=O)N2CCC(N)CC2)cc1. The molecular weight excluding hydrogens is 228 g/mol. The zero-order valence-corrected chi connectivity index (χ0v) is 10.8. The molecule has 1 fully saturated rings. The zero-order valence-electron chi connectivity index (χ0n) is 10.8. The summed E-state index contributed by atoms with van der Waals surface area (Å²) < 4.78 is 5.09. The second kappa shape index (κ2) is 5.87. The van der Waals surface area contributed by atoms with Crippen LogP contribution >= 0.6 is 0 Å². The number of piperidine rings is 1. The molecule has 1 aromatic carbocycles. The van der Waals surface area contributed by atoms with E-state index in [2.05, 4.69) is 0 Å². The smallest absolute Gasteiger partial charge is 0.226 e. The van der Waals surface area contributed by atoms with Crippen molar-refractivity contribution >= 4 is 5.91 Å². The van der Waals surface area contributed by atoms with Crippen molar-refractivity contribution in [2.24, 2.45) is 5.73 Å². The first-order valence-electron chi connectivity index (χ1n) is 6.35. The number of hydrogen-bond acceptors (Lipinski definition) is 3. The van der Waals surface area contributed by atoms with E-state index in [0.29, 0.717) is 6.42 Å². The number of ether oxygens (including phenoxy) is 1. The molecule has 0 bridgehead atoms. The normalized spacial score (nSPS) is 16.7. The average molecular weight is 248 g/mol. The Kier molecular flexibility index (Phi) is 4.20. The number of hydrogen-bond donors (Lipinski definition) is 1. The number of nitrogens with two attached hydrogens (primary N) is 1. The number of methoxy groups -OCH3 is 1. The standard InChI is InChI=1S/C14H20N2O2/c1-18-13-4-2-11(3-5-13)10-14(17)16-8-6-12(15)7-9-16/h2-5,12H,6-10,15H2,1H3. The van der Waals surface area contributed by atoms with E-state index in [-0.39, 0.29) is 11.9 Å². The summed E-state index contributed by atoms with van der Waals surface area (Å²) in [5.74, 6) is 1.00. The summed E-state index contributed by atoms with van der Waals surface area (Å²) in [5.41, 5.74) is 6.85. The van der Waals surface area contributed by atoms with E-state index in [1.165, 1.54) is 0 Å². The van der Waals surface area contributed by atoms with Gasteiger partial charge >= 0.3 is 0 Å². The van der Waals surface area contributed by atoms with Crippen LogP contribution in [-0.4, -0.2) is 37.0 Å². The minimum atomic E-state index is 0.187. The number of likely N-dealkylation sites (tertiary alicyclic amines) is 1. The van der Waals surface area contributed by atoms with Crippen LogP contribution in [0.4, 0.5) is 0 Å². The molecule has 4 heteroatoms. The Morgan fingerprint density at radius 3 is 2.50 bits per heavy atom. The van der Waals surface area contributed by atoms with Gasteiger partial charge in [-0.15, -0.1) is 0 Å². The van der Waals surface area contributed by atoms with Crippen LogP contribution < -0.4 is 10.5 Å². The predicted molar refractivity (Wildman–Crippen MR) is 70.5 cm³/mol. The van der Waals surface area contributed by atoms with Gasteiger partial charge in [-0.1, -0.05) is 12.1 Å². The lowest BCUT2D eigenvalue weighted by molar-refractivity contribution is -0.131. The number of rotatable bonds is 3. The van der Waals surface area contributed by atoms with Crippen molar-refractivity contribution in [1.82, 2.24) is 4.90 Å². The summed E-state index contributed by atoms with van der Waals surface area (Å²) in [6.07, 6.45) is 2.28. The van der Waals surface area contributed by atoms with Crippen molar-refractivity contribution in [3.63, 3.8) is 0 Å². The van der Waals surface area contributed by atoms with Gasteiger partial charge in [0, 0.05) is 19.1 Å². The van der Waals surface area contributed by atoms with E-state index < -0.39 is 0 Å². The average Bonchev–Trinajstić information content (AvgIpc) is 2.40. The van der Waals surface area contributed by atoms with Gasteiger partial charge in [-0.05, 0) is 30.5 Å². The number of carbonyl (C=O) groups is 1. The van der Waals surface area contributed by atoms with Gasteiger partial charge in [0.15, 0.2) is 0 Å². The molecule has 1 aromatic rings. The Labute approximate surface area is 108 Å². The molecule has 18 heavy (non-hydrogen) atoms. The van der Waals surface area contributed by atoms with Crippen molar-refractivity contribution in [3.8, 4) is 5.75 Å². The van der Waals surface area contributed by atoms with Crippen molar-refractivity contribution < 1.29 is 9.53 Å². The summed E-state index contributed by atoms with van der Waals surface area (Å²) >= 11 is 0. The van der Waals surface area contributed by atoms with Crippen molar-refractivity contribution in [2.75, 3.05) is 20.2 Å². The molecule has 0 aliphatic carbocycles. The van der Waals surface area contributed by atoms with Crippen LogP contribution in [0.2, 0.25) is 0 Å². The largest absolute Gasteiger partial charge is 0.497 e. The van der Waals surface area contributed by atoms with Crippen molar-refractivity contribution in [1.29, 1.82) is 0 Å². The van der Waals surface area contributed by atoms with Crippen LogP contribution in [0.5, 0.6) is 5.75 Å². The first-order chi connectivity index (χ1) is 8.69. The Morgan fingerprint density at radius 1 is 1.33 bits per heavy atom. The lowest BCUT2D eigenvalue weighted by Gasteiger charge is -2.30. The molecule has 0 atom stereocenters. The van der Waals surface area contributed by atoms with E-state index in [1.807, 2.05) is 29.2 Å². The molecule has 4 nitrogen and oxygen atoms in total. The Morgan fingerprint density at radius 2 is 1.94 bits per heavy atom. The maximum absolute atomic E-state index is 12.1. The molecule has 1 aliphatic heterocycles. The summed E-state index contributed by atoms with van der Waals surface area (Å²) in [6.45, 7) is 1.58. The third kappa shape index (κ3) is 3.23. The lowest BCUT2D eigenvalue weighted by Crippen LogP contribution is -2.43. The van der Waals surface area contributed by atoms with E-state index in [0.717, 1.165) is 37.2 Å². The maximum Gasteiger partial charge on any atom is 0.226 e. The molecule has 1 heterocycles. The highest BCUT2D eigenvalue weighted by Crippen LogP contribution is 2.14. The number of amides is 1. The van der Waals surface area contributed by atoms with E-state index in [9.17, 15) is 4.79 Å². The van der Waals surface area contributed by atoms with Crippen LogP contribution in [0.3, 0.4) is 0 Å². The summed E-state index contributed by atoms with van der Waals surface area (Å²) in [6, 6.07) is 7.90. The molecule has 2 N–H and O–H groups in total. The third-order valence-corrected chi connectivity index (χ3v) is 3.41. The topological polar surface area (TPSA) is 55.6 Å². The molecule has 98 valence electrons. The zero-order chi connectivity index (χ0) is 13.0. The number of carbonyl (C=O) groups excluding carboxylic acids is 1. The molecule has 0 spiro atoms. The van der Waals surface area contributed by atoms with Crippen LogP contribution in [0.25, 0.3) is 0 Å². The van der Waals surface area contributed by atoms with Crippen molar-refractivity contribution in [2.45, 2.75) is 25.3 Å². The molecular formula is C14H20N2O2. The third-order valence-electron chi connectivity index (χ3n) is 3.41. The number of benzene rings is 1. The highest BCUT2D eigenvalue weighted by Gasteiger charge is 2.20. The fourth-order valence-corrected chi connectivity index (χ4v) is 2.18. The maximum atomic E-state index is 12.1. The van der Waals surface area contributed by atoms with Gasteiger partial charge in [0.1, 0.15) is 5.75 Å². The summed E-state index contributed by atoms with van der Waals surface area (Å²) in [5, 5.41) is 0. The molecule has 1 aliphatic rings. The fraction of sp³-hybridized carbons (Fsp3) is 0.500. The molecule has 2 rings (SSSR count). The summed E-state index contributed by atoms with van der Waals surface area (Å²) in [4.78, 5) is 14.0. The van der Waals surface area contributed by atoms with Crippen molar-refractivity contribution in [3.05, 3.63) is 29.8 Å². The predicted octanol–water partition coefficient (Wildman–Crippen LogP) is 1.19. The van der Waals surface area contributed by atoms with Crippen LogP contribution in [0, 0.1) is 0 Å². The van der Waals surface area contributed by atoms with Crippen LogP contribution in [-0.2, 0) is 11.2 Å². The van der Waals surface area contributed by atoms with Gasteiger partial charge in [0.25, 0.3) is 0 Å². The first-order valence-corrected chi connectivity index (χ1v) is 6.35. The molecule has 0 aromatic heterocycles. The van der Waals surface area contributed by atoms with Gasteiger partial charge in [-0.3, -0.25) is 4.79 Å². The van der Waals surface area contributed by atoms with Gasteiger partial charge in [0.2, 0.25) is 5.91 Å². The molecule has 1 amide bonds. The molecule has 1 saturated heterocycles. The lowest BCUT2D eigenvalue weighted by atomic mass is 10.0. The van der Waals surface area contributed by atoms with Crippen LogP contribution in [0.15, 0.2) is 24.3 Å². The quantitative estimate of drug-likeness (QED) is 0.874. The summed E-state index contributed by atoms with van der Waals surface area (Å²) in [7, 11) is 1.64. The molecule has 0 radical (unpaired) electrons. The highest BCUT2D eigenvalue weighted by molar-refractivity contribution is 5.78. The Bertz CT molecular complexity index is 395. The van der Waals surface area contributed by atoms with E-state index in [1.54, 1.807) is 7.11 Å². The van der Waals surface area contributed by atoms with E-state index >= 15 is 0 Å². The second-order valence-electron chi connectivity index (χ2n) is 4.74. The van der Waals surface area contributed by atoms with E-state index in [4.69, 9.17) is 10.5 Å².